The average molecular weight is 284 g/mol. The molecule has 1 saturated carbocycles. The van der Waals surface area contributed by atoms with E-state index in [9.17, 15) is 5.11 Å². The number of thioether (sulfide) groups is 1. The maximum atomic E-state index is 10.4. The van der Waals surface area contributed by atoms with Crippen molar-refractivity contribution in [2.45, 2.75) is 63.6 Å². The maximum Gasteiger partial charge on any atom is 0.0701 e. The molecule has 0 aromatic carbocycles. The van der Waals surface area contributed by atoms with E-state index in [2.05, 4.69) is 18.7 Å². The van der Waals surface area contributed by atoms with Crippen molar-refractivity contribution in [1.82, 2.24) is 0 Å². The van der Waals surface area contributed by atoms with Gasteiger partial charge >= 0.3 is 0 Å². The van der Waals surface area contributed by atoms with E-state index >= 15 is 0 Å². The normalized spacial score (nSPS) is 43.3. The molecule has 2 heterocycles. The first-order chi connectivity index (χ1) is 9.19. The molecule has 0 aromatic rings. The number of rotatable bonds is 1. The second kappa shape index (κ2) is 5.95. The highest BCUT2D eigenvalue weighted by Crippen LogP contribution is 2.45. The molecule has 4 unspecified atom stereocenters. The smallest absolute Gasteiger partial charge is 0.0701 e. The summed E-state index contributed by atoms with van der Waals surface area (Å²) >= 11 is 2.07. The number of ether oxygens (including phenoxy) is 1. The molecule has 1 spiro atoms. The molecule has 2 saturated heterocycles. The van der Waals surface area contributed by atoms with Crippen LogP contribution in [0.25, 0.3) is 0 Å². The molecule has 3 aliphatic rings. The summed E-state index contributed by atoms with van der Waals surface area (Å²) in [6.07, 6.45) is 8.25. The lowest BCUT2D eigenvalue weighted by molar-refractivity contribution is -0.125. The molecule has 3 rings (SSSR count). The molecule has 19 heavy (non-hydrogen) atoms. The first-order valence-corrected chi connectivity index (χ1v) is 9.24. The third-order valence-electron chi connectivity index (χ3n) is 5.66. The zero-order valence-electron chi connectivity index (χ0n) is 12.1. The lowest BCUT2D eigenvalue weighted by atomic mass is 9.68. The molecular formula is C16H28O2S. The van der Waals surface area contributed by atoms with Crippen LogP contribution in [0.5, 0.6) is 0 Å². The van der Waals surface area contributed by atoms with Gasteiger partial charge in [0.1, 0.15) is 0 Å². The molecule has 3 heteroatoms. The standard InChI is InChI=1S/C16H28O2S/c1-12-2-3-15(17)14(10-12)13-4-7-18-16(11-13)5-8-19-9-6-16/h12-15,17H,2-11H2,1H3. The van der Waals surface area contributed by atoms with Gasteiger partial charge in [-0.3, -0.25) is 0 Å². The van der Waals surface area contributed by atoms with Crippen molar-refractivity contribution in [1.29, 1.82) is 0 Å². The van der Waals surface area contributed by atoms with E-state index in [-0.39, 0.29) is 11.7 Å². The Balaban J connectivity index is 1.66. The number of hydrogen-bond donors (Lipinski definition) is 1. The predicted octanol–water partition coefficient (Wildman–Crippen LogP) is 3.48. The molecule has 3 fully saturated rings. The molecule has 1 aliphatic carbocycles. The van der Waals surface area contributed by atoms with Crippen LogP contribution in [0.4, 0.5) is 0 Å². The Bertz CT molecular complexity index is 296. The highest BCUT2D eigenvalue weighted by molar-refractivity contribution is 7.99. The minimum atomic E-state index is -0.0469. The number of aliphatic hydroxyl groups is 1. The zero-order chi connectivity index (χ0) is 13.3. The van der Waals surface area contributed by atoms with Gasteiger partial charge in [0.2, 0.25) is 0 Å². The molecule has 2 nitrogen and oxygen atoms in total. The number of aliphatic hydroxyl groups excluding tert-OH is 1. The van der Waals surface area contributed by atoms with E-state index in [1.165, 1.54) is 50.0 Å². The topological polar surface area (TPSA) is 29.5 Å². The van der Waals surface area contributed by atoms with Crippen LogP contribution in [0.3, 0.4) is 0 Å². The molecule has 1 N–H and O–H groups in total. The first-order valence-electron chi connectivity index (χ1n) is 8.08. The fraction of sp³-hybridized carbons (Fsp3) is 1.00. The molecule has 0 amide bonds. The largest absolute Gasteiger partial charge is 0.393 e. The van der Waals surface area contributed by atoms with Crippen molar-refractivity contribution in [2.75, 3.05) is 18.1 Å². The minimum absolute atomic E-state index is 0.0469. The maximum absolute atomic E-state index is 10.4. The van der Waals surface area contributed by atoms with Crippen LogP contribution in [0.1, 0.15) is 51.9 Å². The van der Waals surface area contributed by atoms with Crippen molar-refractivity contribution in [3.8, 4) is 0 Å². The van der Waals surface area contributed by atoms with E-state index in [4.69, 9.17) is 4.74 Å². The molecule has 2 aliphatic heterocycles. The van der Waals surface area contributed by atoms with E-state index in [1.807, 2.05) is 0 Å². The number of hydrogen-bond acceptors (Lipinski definition) is 3. The van der Waals surface area contributed by atoms with E-state index in [1.54, 1.807) is 0 Å². The lowest BCUT2D eigenvalue weighted by Gasteiger charge is -2.47. The highest BCUT2D eigenvalue weighted by Gasteiger charge is 2.43. The Morgan fingerprint density at radius 3 is 2.74 bits per heavy atom. The Morgan fingerprint density at radius 2 is 1.95 bits per heavy atom. The Kier molecular flexibility index (Phi) is 4.45. The van der Waals surface area contributed by atoms with Gasteiger partial charge < -0.3 is 9.84 Å². The molecule has 110 valence electrons. The fourth-order valence-corrected chi connectivity index (χ4v) is 5.68. The van der Waals surface area contributed by atoms with Crippen LogP contribution < -0.4 is 0 Å². The van der Waals surface area contributed by atoms with Crippen molar-refractivity contribution in [3.05, 3.63) is 0 Å². The summed E-state index contributed by atoms with van der Waals surface area (Å²) in [6, 6.07) is 0. The summed E-state index contributed by atoms with van der Waals surface area (Å²) < 4.78 is 6.19. The quantitative estimate of drug-likeness (QED) is 0.799. The summed E-state index contributed by atoms with van der Waals surface area (Å²) in [6.45, 7) is 3.28. The third kappa shape index (κ3) is 3.14. The summed E-state index contributed by atoms with van der Waals surface area (Å²) in [5, 5.41) is 10.4. The van der Waals surface area contributed by atoms with E-state index in [0.717, 1.165) is 18.9 Å². The Hall–Kier alpha value is 0.270. The van der Waals surface area contributed by atoms with Crippen molar-refractivity contribution < 1.29 is 9.84 Å². The van der Waals surface area contributed by atoms with Crippen LogP contribution in [0, 0.1) is 17.8 Å². The second-order valence-corrected chi connectivity index (χ2v) is 8.27. The van der Waals surface area contributed by atoms with Gasteiger partial charge in [-0.05, 0) is 74.2 Å². The zero-order valence-corrected chi connectivity index (χ0v) is 13.0. The van der Waals surface area contributed by atoms with Gasteiger partial charge in [0.25, 0.3) is 0 Å². The van der Waals surface area contributed by atoms with Crippen molar-refractivity contribution in [3.63, 3.8) is 0 Å². The summed E-state index contributed by atoms with van der Waals surface area (Å²) in [5.74, 6) is 4.56. The van der Waals surface area contributed by atoms with Gasteiger partial charge in [-0.1, -0.05) is 6.92 Å². The molecule has 0 bridgehead atoms. The van der Waals surface area contributed by atoms with Gasteiger partial charge in [-0.25, -0.2) is 0 Å². The fourth-order valence-electron chi connectivity index (χ4n) is 4.44. The monoisotopic (exact) mass is 284 g/mol. The lowest BCUT2D eigenvalue weighted by Crippen LogP contribution is -2.46. The van der Waals surface area contributed by atoms with E-state index < -0.39 is 0 Å². The molecule has 4 atom stereocenters. The van der Waals surface area contributed by atoms with Crippen LogP contribution in [-0.2, 0) is 4.74 Å². The van der Waals surface area contributed by atoms with Crippen LogP contribution in [0.2, 0.25) is 0 Å². The van der Waals surface area contributed by atoms with Crippen molar-refractivity contribution in [2.24, 2.45) is 17.8 Å². The SMILES string of the molecule is CC1CCC(O)C(C2CCOC3(CCSCC3)C2)C1. The molecule has 0 aromatic heterocycles. The predicted molar refractivity (Wildman–Crippen MR) is 80.5 cm³/mol. The van der Waals surface area contributed by atoms with Crippen LogP contribution in [-0.4, -0.2) is 34.9 Å². The molecule has 0 radical (unpaired) electrons. The van der Waals surface area contributed by atoms with Crippen LogP contribution in [0.15, 0.2) is 0 Å². The summed E-state index contributed by atoms with van der Waals surface area (Å²) in [5.41, 5.74) is 0.175. The Morgan fingerprint density at radius 1 is 1.16 bits per heavy atom. The minimum Gasteiger partial charge on any atom is -0.393 e. The van der Waals surface area contributed by atoms with Gasteiger partial charge in [0.15, 0.2) is 0 Å². The van der Waals surface area contributed by atoms with E-state index in [0.29, 0.717) is 11.8 Å². The average Bonchev–Trinajstić information content (AvgIpc) is 2.42. The second-order valence-electron chi connectivity index (χ2n) is 7.05. The Labute approximate surface area is 121 Å². The summed E-state index contributed by atoms with van der Waals surface area (Å²) in [4.78, 5) is 0. The van der Waals surface area contributed by atoms with Gasteiger partial charge in [0, 0.05) is 6.61 Å². The van der Waals surface area contributed by atoms with Crippen molar-refractivity contribution >= 4 is 11.8 Å². The van der Waals surface area contributed by atoms with Gasteiger partial charge in [-0.2, -0.15) is 11.8 Å². The highest BCUT2D eigenvalue weighted by atomic mass is 32.2. The first kappa shape index (κ1) is 14.2. The third-order valence-corrected chi connectivity index (χ3v) is 6.65. The summed E-state index contributed by atoms with van der Waals surface area (Å²) in [7, 11) is 0. The van der Waals surface area contributed by atoms with Gasteiger partial charge in [0.05, 0.1) is 11.7 Å². The molecular weight excluding hydrogens is 256 g/mol. The van der Waals surface area contributed by atoms with Gasteiger partial charge in [-0.15, -0.1) is 0 Å². The van der Waals surface area contributed by atoms with Crippen LogP contribution >= 0.6 is 11.8 Å².